The summed E-state index contributed by atoms with van der Waals surface area (Å²) in [6.45, 7) is 3.51. The van der Waals surface area contributed by atoms with Crippen molar-refractivity contribution < 1.29 is 14.0 Å². The Morgan fingerprint density at radius 2 is 1.85 bits per heavy atom. The van der Waals surface area contributed by atoms with E-state index in [1.54, 1.807) is 17.0 Å². The molecule has 1 aliphatic carbocycles. The molecule has 7 heteroatoms. The van der Waals surface area contributed by atoms with Gasteiger partial charge >= 0.3 is 0 Å². The van der Waals surface area contributed by atoms with Gasteiger partial charge in [-0.1, -0.05) is 49.1 Å². The zero-order chi connectivity index (χ0) is 23.9. The number of amides is 2. The Hall–Kier alpha value is -2.99. The van der Waals surface area contributed by atoms with E-state index in [0.29, 0.717) is 19.6 Å². The molecule has 4 rings (SSSR count). The van der Waals surface area contributed by atoms with Gasteiger partial charge in [0, 0.05) is 36.0 Å². The number of furan rings is 1. The third-order valence-electron chi connectivity index (χ3n) is 6.62. The van der Waals surface area contributed by atoms with E-state index in [1.165, 1.54) is 12.7 Å². The molecule has 2 heterocycles. The predicted octanol–water partition coefficient (Wildman–Crippen LogP) is 5.61. The van der Waals surface area contributed by atoms with Crippen molar-refractivity contribution >= 4 is 23.4 Å². The summed E-state index contributed by atoms with van der Waals surface area (Å²) in [5, 5.41) is 0.734. The van der Waals surface area contributed by atoms with E-state index in [2.05, 4.69) is 10.6 Å². The third kappa shape index (κ3) is 5.73. The second-order valence-electron chi connectivity index (χ2n) is 8.83. The van der Waals surface area contributed by atoms with E-state index in [1.807, 2.05) is 48.4 Å². The Labute approximate surface area is 206 Å². The molecule has 1 aliphatic rings. The van der Waals surface area contributed by atoms with Crippen LogP contribution in [0.25, 0.3) is 0 Å². The van der Waals surface area contributed by atoms with Crippen LogP contribution >= 0.6 is 11.6 Å². The molecule has 0 atom stereocenters. The first-order valence-electron chi connectivity index (χ1n) is 12.1. The van der Waals surface area contributed by atoms with Gasteiger partial charge in [-0.2, -0.15) is 0 Å². The molecule has 0 aliphatic heterocycles. The molecule has 6 nitrogen and oxygen atoms in total. The number of carbonyl (C=O) groups excluding carboxylic acids is 2. The quantitative estimate of drug-likeness (QED) is 0.399. The van der Waals surface area contributed by atoms with Crippen LogP contribution in [0, 0.1) is 0 Å². The van der Waals surface area contributed by atoms with E-state index in [0.717, 1.165) is 42.0 Å². The largest absolute Gasteiger partial charge is 0.459 e. The highest BCUT2D eigenvalue weighted by molar-refractivity contribution is 6.31. The molecule has 1 fully saturated rings. The first-order chi connectivity index (χ1) is 16.6. The Balaban J connectivity index is 1.53. The Kier molecular flexibility index (Phi) is 8.12. The van der Waals surface area contributed by atoms with E-state index in [4.69, 9.17) is 16.0 Å². The number of likely N-dealkylation sites (N-methyl/N-ethyl adjacent to an activating group) is 1. The lowest BCUT2D eigenvalue weighted by Crippen LogP contribution is -2.47. The molecule has 0 spiro atoms. The van der Waals surface area contributed by atoms with Crippen LogP contribution in [0.4, 0.5) is 0 Å². The van der Waals surface area contributed by atoms with Crippen molar-refractivity contribution in [1.29, 1.82) is 0 Å². The zero-order valence-electron chi connectivity index (χ0n) is 19.7. The van der Waals surface area contributed by atoms with Crippen molar-refractivity contribution in [2.75, 3.05) is 13.1 Å². The maximum Gasteiger partial charge on any atom is 0.290 e. The molecular formula is C27H32ClN3O3. The highest BCUT2D eigenvalue weighted by atomic mass is 35.5. The van der Waals surface area contributed by atoms with Gasteiger partial charge in [-0.15, -0.1) is 0 Å². The average Bonchev–Trinajstić information content (AvgIpc) is 3.55. The van der Waals surface area contributed by atoms with Crippen molar-refractivity contribution in [2.45, 2.75) is 58.2 Å². The van der Waals surface area contributed by atoms with Crippen LogP contribution < -0.4 is 0 Å². The first-order valence-corrected chi connectivity index (χ1v) is 12.4. The molecule has 0 saturated heterocycles. The topological polar surface area (TPSA) is 58.7 Å². The highest BCUT2D eigenvalue weighted by Crippen LogP contribution is 2.25. The van der Waals surface area contributed by atoms with Crippen molar-refractivity contribution in [3.8, 4) is 0 Å². The lowest BCUT2D eigenvalue weighted by molar-refractivity contribution is -0.135. The molecule has 0 bridgehead atoms. The highest BCUT2D eigenvalue weighted by Gasteiger charge is 2.29. The molecule has 0 radical (unpaired) electrons. The minimum absolute atomic E-state index is 0.0286. The van der Waals surface area contributed by atoms with Crippen molar-refractivity contribution in [2.24, 2.45) is 0 Å². The lowest BCUT2D eigenvalue weighted by Gasteiger charge is -2.36. The Morgan fingerprint density at radius 3 is 2.56 bits per heavy atom. The van der Waals surface area contributed by atoms with Crippen LogP contribution in [-0.2, 0) is 17.9 Å². The summed E-state index contributed by atoms with van der Waals surface area (Å²) in [4.78, 5) is 30.0. The molecule has 3 aromatic rings. The van der Waals surface area contributed by atoms with E-state index in [9.17, 15) is 9.59 Å². The summed E-state index contributed by atoms with van der Waals surface area (Å²) in [7, 11) is 0. The van der Waals surface area contributed by atoms with Gasteiger partial charge in [-0.05, 0) is 55.7 Å². The monoisotopic (exact) mass is 481 g/mol. The maximum absolute atomic E-state index is 13.6. The van der Waals surface area contributed by atoms with Gasteiger partial charge in [0.25, 0.3) is 5.91 Å². The van der Waals surface area contributed by atoms with Gasteiger partial charge in [0.1, 0.15) is 6.54 Å². The SMILES string of the molecule is CCN(CC(=O)N(Cc1cccn1Cc1ccccc1Cl)C1CCCCC1)C(=O)c1ccco1. The van der Waals surface area contributed by atoms with E-state index >= 15 is 0 Å². The summed E-state index contributed by atoms with van der Waals surface area (Å²) >= 11 is 6.39. The summed E-state index contributed by atoms with van der Waals surface area (Å²) in [5.74, 6) is -0.0295. The Morgan fingerprint density at radius 1 is 1.06 bits per heavy atom. The van der Waals surface area contributed by atoms with Crippen LogP contribution in [0.15, 0.2) is 65.4 Å². The minimum atomic E-state index is -0.258. The zero-order valence-corrected chi connectivity index (χ0v) is 20.4. The molecule has 2 aromatic heterocycles. The second-order valence-corrected chi connectivity index (χ2v) is 9.24. The summed E-state index contributed by atoms with van der Waals surface area (Å²) in [5.41, 5.74) is 2.10. The fourth-order valence-electron chi connectivity index (χ4n) is 4.68. The van der Waals surface area contributed by atoms with Crippen LogP contribution in [0.1, 0.15) is 60.8 Å². The molecule has 34 heavy (non-hydrogen) atoms. The molecule has 2 amide bonds. The van der Waals surface area contributed by atoms with E-state index in [-0.39, 0.29) is 30.2 Å². The van der Waals surface area contributed by atoms with Crippen LogP contribution in [-0.4, -0.2) is 45.3 Å². The molecule has 0 unspecified atom stereocenters. The predicted molar refractivity (Wildman–Crippen MR) is 133 cm³/mol. The fourth-order valence-corrected chi connectivity index (χ4v) is 4.88. The molecule has 1 saturated carbocycles. The number of aromatic nitrogens is 1. The third-order valence-corrected chi connectivity index (χ3v) is 6.99. The summed E-state index contributed by atoms with van der Waals surface area (Å²) in [6.07, 6.45) is 8.95. The summed E-state index contributed by atoms with van der Waals surface area (Å²) in [6, 6.07) is 15.4. The first kappa shape index (κ1) is 24.1. The maximum atomic E-state index is 13.6. The molecule has 180 valence electrons. The smallest absolute Gasteiger partial charge is 0.290 e. The molecule has 0 N–H and O–H groups in total. The number of carbonyl (C=O) groups is 2. The standard InChI is InChI=1S/C27H32ClN3O3/c1-2-29(27(33)25-15-9-17-34-25)20-26(32)31(22-11-4-3-5-12-22)19-23-13-8-16-30(23)18-21-10-6-7-14-24(21)28/h6-10,13-17,22H,2-5,11-12,18-20H2,1H3. The number of hydrogen-bond donors (Lipinski definition) is 0. The number of hydrogen-bond acceptors (Lipinski definition) is 3. The van der Waals surface area contributed by atoms with Gasteiger partial charge in [-0.25, -0.2) is 0 Å². The van der Waals surface area contributed by atoms with Crippen LogP contribution in [0.5, 0.6) is 0 Å². The number of nitrogens with zero attached hydrogens (tertiary/aromatic N) is 3. The van der Waals surface area contributed by atoms with Gasteiger partial charge < -0.3 is 18.8 Å². The minimum Gasteiger partial charge on any atom is -0.459 e. The number of rotatable bonds is 9. The summed E-state index contributed by atoms with van der Waals surface area (Å²) < 4.78 is 7.42. The lowest BCUT2D eigenvalue weighted by atomic mass is 9.94. The molecular weight excluding hydrogens is 450 g/mol. The van der Waals surface area contributed by atoms with Gasteiger partial charge in [0.2, 0.25) is 5.91 Å². The van der Waals surface area contributed by atoms with Gasteiger partial charge in [0.15, 0.2) is 5.76 Å². The molecule has 1 aromatic carbocycles. The average molecular weight is 482 g/mol. The van der Waals surface area contributed by atoms with Gasteiger partial charge in [-0.3, -0.25) is 9.59 Å². The van der Waals surface area contributed by atoms with Gasteiger partial charge in [0.05, 0.1) is 12.8 Å². The second kappa shape index (κ2) is 11.4. The fraction of sp³-hybridized carbons (Fsp3) is 0.407. The van der Waals surface area contributed by atoms with Crippen molar-refractivity contribution in [3.63, 3.8) is 0 Å². The van der Waals surface area contributed by atoms with Crippen LogP contribution in [0.2, 0.25) is 5.02 Å². The van der Waals surface area contributed by atoms with Crippen molar-refractivity contribution in [1.82, 2.24) is 14.4 Å². The Bertz CT molecular complexity index is 1090. The normalized spacial score (nSPS) is 14.2. The number of halogens is 1. The van der Waals surface area contributed by atoms with Crippen molar-refractivity contribution in [3.05, 3.63) is 83.0 Å². The van der Waals surface area contributed by atoms with Crippen LogP contribution in [0.3, 0.4) is 0 Å². The number of benzene rings is 1. The van der Waals surface area contributed by atoms with E-state index < -0.39 is 0 Å².